The fraction of sp³-hybridized carbons (Fsp3) is 0.611. The van der Waals surface area contributed by atoms with Crippen molar-refractivity contribution in [1.82, 2.24) is 5.32 Å². The third-order valence-corrected chi connectivity index (χ3v) is 5.77. The Morgan fingerprint density at radius 3 is 2.45 bits per heavy atom. The zero-order valence-corrected chi connectivity index (χ0v) is 14.6. The molecule has 1 amide bonds. The summed E-state index contributed by atoms with van der Waals surface area (Å²) in [4.78, 5) is 13.7. The predicted octanol–water partition coefficient (Wildman–Crippen LogP) is 3.91. The molecule has 1 aliphatic heterocycles. The largest absolute Gasteiger partial charge is 0.326 e. The first-order chi connectivity index (χ1) is 10.4. The van der Waals surface area contributed by atoms with Gasteiger partial charge in [0.2, 0.25) is 5.91 Å². The van der Waals surface area contributed by atoms with Gasteiger partial charge in [-0.05, 0) is 62.0 Å². The quantitative estimate of drug-likeness (QED) is 0.830. The highest BCUT2D eigenvalue weighted by Crippen LogP contribution is 2.58. The number of nitrogens with one attached hydrogen (secondary N) is 2. The zero-order chi connectivity index (χ0) is 15.8. The van der Waals surface area contributed by atoms with Gasteiger partial charge in [-0.1, -0.05) is 20.8 Å². The van der Waals surface area contributed by atoms with E-state index >= 15 is 0 Å². The summed E-state index contributed by atoms with van der Waals surface area (Å²) in [6, 6.07) is 8.23. The van der Waals surface area contributed by atoms with Crippen LogP contribution >= 0.6 is 11.8 Å². The molecule has 1 unspecified atom stereocenters. The number of carbonyl (C=O) groups excluding carboxylic acids is 1. The highest BCUT2D eigenvalue weighted by atomic mass is 32.2. The molecule has 1 atom stereocenters. The van der Waals surface area contributed by atoms with Gasteiger partial charge in [-0.2, -0.15) is 0 Å². The van der Waals surface area contributed by atoms with Crippen LogP contribution in [0.1, 0.15) is 40.0 Å². The summed E-state index contributed by atoms with van der Waals surface area (Å²) in [7, 11) is 0. The van der Waals surface area contributed by atoms with E-state index in [-0.39, 0.29) is 16.6 Å². The molecule has 1 spiro atoms. The smallest absolute Gasteiger partial charge is 0.228 e. The van der Waals surface area contributed by atoms with Crippen molar-refractivity contribution >= 4 is 23.4 Å². The number of hydrogen-bond acceptors (Lipinski definition) is 3. The second kappa shape index (κ2) is 5.89. The molecule has 0 bridgehead atoms. The number of amides is 1. The van der Waals surface area contributed by atoms with Crippen LogP contribution in [0.5, 0.6) is 0 Å². The molecular formula is C18H26N2OS. The Morgan fingerprint density at radius 2 is 1.86 bits per heavy atom. The molecule has 1 saturated heterocycles. The van der Waals surface area contributed by atoms with Crippen molar-refractivity contribution in [1.29, 1.82) is 0 Å². The third kappa shape index (κ3) is 3.66. The summed E-state index contributed by atoms with van der Waals surface area (Å²) in [5, 5.41) is 6.48. The van der Waals surface area contributed by atoms with E-state index in [1.807, 2.05) is 23.9 Å². The van der Waals surface area contributed by atoms with Gasteiger partial charge >= 0.3 is 0 Å². The van der Waals surface area contributed by atoms with Gasteiger partial charge in [0.1, 0.15) is 0 Å². The summed E-state index contributed by atoms with van der Waals surface area (Å²) in [5.74, 6) is 0.427. The molecule has 3 rings (SSSR count). The number of rotatable bonds is 3. The van der Waals surface area contributed by atoms with E-state index in [0.717, 1.165) is 38.0 Å². The van der Waals surface area contributed by atoms with Gasteiger partial charge in [0.05, 0.1) is 0 Å². The van der Waals surface area contributed by atoms with E-state index in [9.17, 15) is 4.79 Å². The van der Waals surface area contributed by atoms with Crippen molar-refractivity contribution in [2.75, 3.05) is 18.4 Å². The van der Waals surface area contributed by atoms with Gasteiger partial charge in [-0.25, -0.2) is 0 Å². The Bertz CT molecular complexity index is 541. The molecule has 2 aliphatic rings. The number of hydrogen-bond donors (Lipinski definition) is 2. The van der Waals surface area contributed by atoms with Gasteiger partial charge in [-0.3, -0.25) is 4.79 Å². The highest BCUT2D eigenvalue weighted by Gasteiger charge is 2.57. The Balaban J connectivity index is 1.56. The average molecular weight is 318 g/mol. The number of piperidine rings is 1. The summed E-state index contributed by atoms with van der Waals surface area (Å²) in [6.45, 7) is 8.74. The SMILES string of the molecule is CC(C)(C)Sc1ccc(NC(=O)C2CC23CCNCC3)cc1. The topological polar surface area (TPSA) is 41.1 Å². The van der Waals surface area contributed by atoms with Crippen LogP contribution in [0, 0.1) is 11.3 Å². The normalized spacial score (nSPS) is 23.3. The van der Waals surface area contributed by atoms with Crippen LogP contribution in [0.4, 0.5) is 5.69 Å². The fourth-order valence-electron chi connectivity index (χ4n) is 3.38. The van der Waals surface area contributed by atoms with Gasteiger partial charge in [0.15, 0.2) is 0 Å². The Morgan fingerprint density at radius 1 is 1.23 bits per heavy atom. The zero-order valence-electron chi connectivity index (χ0n) is 13.7. The molecule has 4 heteroatoms. The van der Waals surface area contributed by atoms with Crippen LogP contribution in [0.15, 0.2) is 29.2 Å². The van der Waals surface area contributed by atoms with Gasteiger partial charge in [0, 0.05) is 21.2 Å². The number of anilines is 1. The lowest BCUT2D eigenvalue weighted by Gasteiger charge is -2.23. The van der Waals surface area contributed by atoms with Crippen LogP contribution in [0.3, 0.4) is 0 Å². The maximum absolute atomic E-state index is 12.4. The summed E-state index contributed by atoms with van der Waals surface area (Å²) in [5.41, 5.74) is 1.22. The average Bonchev–Trinajstić information content (AvgIpc) is 3.14. The minimum atomic E-state index is 0.207. The lowest BCUT2D eigenvalue weighted by molar-refractivity contribution is -0.118. The van der Waals surface area contributed by atoms with Gasteiger partial charge < -0.3 is 10.6 Å². The molecule has 1 saturated carbocycles. The molecule has 22 heavy (non-hydrogen) atoms. The first-order valence-electron chi connectivity index (χ1n) is 8.19. The van der Waals surface area contributed by atoms with Crippen LogP contribution in [-0.4, -0.2) is 23.7 Å². The van der Waals surface area contributed by atoms with Crippen molar-refractivity contribution in [3.05, 3.63) is 24.3 Å². The van der Waals surface area contributed by atoms with E-state index in [0.29, 0.717) is 5.41 Å². The molecule has 120 valence electrons. The summed E-state index contributed by atoms with van der Waals surface area (Å²) in [6.07, 6.45) is 3.36. The van der Waals surface area contributed by atoms with Gasteiger partial charge in [-0.15, -0.1) is 11.8 Å². The lowest BCUT2D eigenvalue weighted by Crippen LogP contribution is -2.31. The summed E-state index contributed by atoms with van der Waals surface area (Å²) >= 11 is 1.84. The van der Waals surface area contributed by atoms with Crippen LogP contribution in [0.25, 0.3) is 0 Å². The Labute approximate surface area is 137 Å². The molecule has 3 nitrogen and oxygen atoms in total. The van der Waals surface area contributed by atoms with E-state index in [4.69, 9.17) is 0 Å². The van der Waals surface area contributed by atoms with Crippen molar-refractivity contribution in [3.63, 3.8) is 0 Å². The highest BCUT2D eigenvalue weighted by molar-refractivity contribution is 8.00. The molecule has 0 radical (unpaired) electrons. The van der Waals surface area contributed by atoms with Crippen LogP contribution in [-0.2, 0) is 4.79 Å². The van der Waals surface area contributed by atoms with E-state index < -0.39 is 0 Å². The third-order valence-electron chi connectivity index (χ3n) is 4.65. The van der Waals surface area contributed by atoms with Crippen molar-refractivity contribution < 1.29 is 4.79 Å². The Hall–Kier alpha value is -1.00. The first-order valence-corrected chi connectivity index (χ1v) is 9.00. The van der Waals surface area contributed by atoms with Crippen molar-refractivity contribution in [3.8, 4) is 0 Å². The van der Waals surface area contributed by atoms with Crippen LogP contribution < -0.4 is 10.6 Å². The van der Waals surface area contributed by atoms with Crippen LogP contribution in [0.2, 0.25) is 0 Å². The molecule has 2 fully saturated rings. The number of thioether (sulfide) groups is 1. The van der Waals surface area contributed by atoms with Gasteiger partial charge in [0.25, 0.3) is 0 Å². The second-order valence-electron chi connectivity index (χ2n) is 7.60. The molecule has 2 N–H and O–H groups in total. The maximum Gasteiger partial charge on any atom is 0.228 e. The molecule has 1 aromatic carbocycles. The van der Waals surface area contributed by atoms with E-state index in [2.05, 4.69) is 43.5 Å². The maximum atomic E-state index is 12.4. The molecule has 1 heterocycles. The monoisotopic (exact) mass is 318 g/mol. The fourth-order valence-corrected chi connectivity index (χ4v) is 4.36. The molecular weight excluding hydrogens is 292 g/mol. The van der Waals surface area contributed by atoms with E-state index in [1.165, 1.54) is 4.90 Å². The molecule has 1 aromatic rings. The van der Waals surface area contributed by atoms with Crippen molar-refractivity contribution in [2.24, 2.45) is 11.3 Å². The minimum Gasteiger partial charge on any atom is -0.326 e. The number of carbonyl (C=O) groups is 1. The lowest BCUT2D eigenvalue weighted by atomic mass is 9.92. The predicted molar refractivity (Wildman–Crippen MR) is 93.3 cm³/mol. The molecule has 0 aromatic heterocycles. The Kier molecular flexibility index (Phi) is 4.25. The standard InChI is InChI=1S/C18H26N2OS/c1-17(2,3)22-14-6-4-13(5-7-14)20-16(21)15-12-18(15)8-10-19-11-9-18/h4-7,15,19H,8-12H2,1-3H3,(H,20,21). The summed E-state index contributed by atoms with van der Waals surface area (Å²) < 4.78 is 0.209. The minimum absolute atomic E-state index is 0.207. The van der Waals surface area contributed by atoms with Crippen molar-refractivity contribution in [2.45, 2.75) is 49.7 Å². The first kappa shape index (κ1) is 15.9. The second-order valence-corrected chi connectivity index (χ2v) is 9.50. The van der Waals surface area contributed by atoms with E-state index in [1.54, 1.807) is 0 Å². The number of benzene rings is 1. The molecule has 1 aliphatic carbocycles.